The molecule has 2 rings (SSSR count). The zero-order valence-corrected chi connectivity index (χ0v) is 14.7. The number of hydrogen-bond acceptors (Lipinski definition) is 6. The molecule has 1 aromatic carbocycles. The van der Waals surface area contributed by atoms with Crippen molar-refractivity contribution < 1.29 is 27.5 Å². The van der Waals surface area contributed by atoms with Gasteiger partial charge in [-0.1, -0.05) is 13.8 Å². The molecule has 2 N–H and O–H groups in total. The molecule has 0 aliphatic carbocycles. The molecule has 1 fully saturated rings. The highest BCUT2D eigenvalue weighted by molar-refractivity contribution is 7.89. The molecule has 0 bridgehead atoms. The molecule has 24 heavy (non-hydrogen) atoms. The first kappa shape index (κ1) is 18.2. The molecule has 1 saturated heterocycles. The molecule has 1 amide bonds. The van der Waals surface area contributed by atoms with E-state index >= 15 is 0 Å². The summed E-state index contributed by atoms with van der Waals surface area (Å²) in [5.74, 6) is -0.964. The molecule has 1 aliphatic heterocycles. The molecule has 1 atom stereocenters. The van der Waals surface area contributed by atoms with E-state index in [1.54, 1.807) is 13.8 Å². The fourth-order valence-corrected chi connectivity index (χ4v) is 3.27. The third kappa shape index (κ3) is 3.36. The zero-order valence-electron chi connectivity index (χ0n) is 13.9. The first-order valence-electron chi connectivity index (χ1n) is 7.21. The van der Waals surface area contributed by atoms with Gasteiger partial charge in [0.2, 0.25) is 10.0 Å². The van der Waals surface area contributed by atoms with E-state index in [0.717, 1.165) is 0 Å². The van der Waals surface area contributed by atoms with E-state index in [2.05, 4.69) is 10.0 Å². The smallest absolute Gasteiger partial charge is 0.329 e. The number of esters is 1. The molecule has 0 aromatic heterocycles. The summed E-state index contributed by atoms with van der Waals surface area (Å²) < 4.78 is 36.3. The van der Waals surface area contributed by atoms with Crippen molar-refractivity contribution in [3.05, 3.63) is 23.8 Å². The average molecular weight is 356 g/mol. The molecular formula is C15H20N2O6S. The summed E-state index contributed by atoms with van der Waals surface area (Å²) in [4.78, 5) is 24.0. The highest BCUT2D eigenvalue weighted by Gasteiger charge is 2.44. The number of sulfonamides is 1. The Balaban J connectivity index is 2.34. The van der Waals surface area contributed by atoms with Gasteiger partial charge in [0, 0.05) is 11.0 Å². The number of carbonyl (C=O) groups is 2. The Bertz CT molecular complexity index is 772. The third-order valence-electron chi connectivity index (χ3n) is 3.86. The van der Waals surface area contributed by atoms with Gasteiger partial charge in [0.05, 0.1) is 13.7 Å². The van der Waals surface area contributed by atoms with Gasteiger partial charge in [0.25, 0.3) is 5.91 Å². The number of carbonyl (C=O) groups excluding carboxylic acids is 2. The Morgan fingerprint density at radius 2 is 2.04 bits per heavy atom. The average Bonchev–Trinajstić information content (AvgIpc) is 2.81. The minimum atomic E-state index is -3.80. The first-order chi connectivity index (χ1) is 11.1. The molecule has 1 unspecified atom stereocenters. The maximum Gasteiger partial charge on any atom is 0.329 e. The zero-order chi connectivity index (χ0) is 18.1. The lowest BCUT2D eigenvalue weighted by molar-refractivity contribution is -0.139. The van der Waals surface area contributed by atoms with Crippen LogP contribution in [0.15, 0.2) is 23.1 Å². The second-order valence-corrected chi connectivity index (χ2v) is 7.93. The van der Waals surface area contributed by atoms with Crippen molar-refractivity contribution in [3.63, 3.8) is 0 Å². The molecule has 132 valence electrons. The van der Waals surface area contributed by atoms with Crippen molar-refractivity contribution in [2.24, 2.45) is 5.41 Å². The van der Waals surface area contributed by atoms with E-state index in [-0.39, 0.29) is 22.8 Å². The molecule has 0 saturated carbocycles. The van der Waals surface area contributed by atoms with Crippen molar-refractivity contribution in [3.8, 4) is 5.75 Å². The van der Waals surface area contributed by atoms with Gasteiger partial charge in [0.15, 0.2) is 0 Å². The van der Waals surface area contributed by atoms with Crippen LogP contribution in [0.4, 0.5) is 0 Å². The maximum atomic E-state index is 12.4. The molecular weight excluding hydrogens is 336 g/mol. The predicted octanol–water partition coefficient (Wildman–Crippen LogP) is 0.285. The molecule has 0 radical (unpaired) electrons. The van der Waals surface area contributed by atoms with Gasteiger partial charge in [-0.05, 0) is 25.2 Å². The molecule has 1 aromatic rings. The highest BCUT2D eigenvalue weighted by atomic mass is 32.2. The van der Waals surface area contributed by atoms with Crippen LogP contribution in [0.5, 0.6) is 5.75 Å². The summed E-state index contributed by atoms with van der Waals surface area (Å²) in [5, 5.41) is 2.60. The van der Waals surface area contributed by atoms with Crippen molar-refractivity contribution in [1.29, 1.82) is 0 Å². The van der Waals surface area contributed by atoms with Gasteiger partial charge < -0.3 is 14.8 Å². The monoisotopic (exact) mass is 356 g/mol. The van der Waals surface area contributed by atoms with E-state index in [9.17, 15) is 18.0 Å². The molecule has 8 nitrogen and oxygen atoms in total. The topological polar surface area (TPSA) is 111 Å². The van der Waals surface area contributed by atoms with Crippen LogP contribution in [0, 0.1) is 5.41 Å². The Hall–Kier alpha value is -2.13. The molecule has 1 heterocycles. The summed E-state index contributed by atoms with van der Waals surface area (Å²) in [6.45, 7) is 3.81. The predicted molar refractivity (Wildman–Crippen MR) is 85.2 cm³/mol. The van der Waals surface area contributed by atoms with Crippen LogP contribution in [-0.2, 0) is 19.6 Å². The second-order valence-electron chi connectivity index (χ2n) is 6.08. The number of rotatable bonds is 5. The van der Waals surface area contributed by atoms with Crippen molar-refractivity contribution in [2.45, 2.75) is 24.8 Å². The Morgan fingerprint density at radius 3 is 2.54 bits per heavy atom. The van der Waals surface area contributed by atoms with Crippen LogP contribution in [0.1, 0.15) is 24.2 Å². The van der Waals surface area contributed by atoms with Crippen LogP contribution in [0.2, 0.25) is 0 Å². The van der Waals surface area contributed by atoms with Crippen molar-refractivity contribution in [1.82, 2.24) is 10.0 Å². The third-order valence-corrected chi connectivity index (χ3v) is 5.30. The Kier molecular flexibility index (Phi) is 4.86. The van der Waals surface area contributed by atoms with Gasteiger partial charge in [-0.2, -0.15) is 0 Å². The number of methoxy groups -OCH3 is 1. The lowest BCUT2D eigenvalue weighted by Gasteiger charge is -2.22. The van der Waals surface area contributed by atoms with Crippen LogP contribution >= 0.6 is 0 Å². The van der Waals surface area contributed by atoms with E-state index in [0.29, 0.717) is 0 Å². The second kappa shape index (κ2) is 6.40. The number of benzene rings is 1. The summed E-state index contributed by atoms with van der Waals surface area (Å²) in [6, 6.07) is 3.22. The van der Waals surface area contributed by atoms with E-state index in [4.69, 9.17) is 9.47 Å². The van der Waals surface area contributed by atoms with Crippen LogP contribution in [0.25, 0.3) is 0 Å². The molecule has 1 aliphatic rings. The summed E-state index contributed by atoms with van der Waals surface area (Å²) in [5.41, 5.74) is -0.445. The number of cyclic esters (lactones) is 1. The van der Waals surface area contributed by atoms with Crippen molar-refractivity contribution in [2.75, 3.05) is 20.8 Å². The quantitative estimate of drug-likeness (QED) is 0.734. The van der Waals surface area contributed by atoms with E-state index in [1.807, 2.05) is 0 Å². The van der Waals surface area contributed by atoms with Gasteiger partial charge in [-0.25, -0.2) is 17.9 Å². The van der Waals surface area contributed by atoms with Gasteiger partial charge in [0.1, 0.15) is 16.7 Å². The standard InChI is InChI=1S/C15H20N2O6S/c1-15(2)8-23-14(19)12(15)17-13(18)9-5-6-10(22-4)11(7-9)24(20,21)16-3/h5-7,12,16H,8H2,1-4H3,(H,17,18). The molecule has 9 heteroatoms. The highest BCUT2D eigenvalue weighted by Crippen LogP contribution is 2.29. The van der Waals surface area contributed by atoms with Crippen LogP contribution < -0.4 is 14.8 Å². The van der Waals surface area contributed by atoms with Gasteiger partial charge in [-0.15, -0.1) is 0 Å². The number of amides is 1. The summed E-state index contributed by atoms with van der Waals surface area (Å²) in [7, 11) is -1.21. The number of ether oxygens (including phenoxy) is 2. The van der Waals surface area contributed by atoms with Crippen molar-refractivity contribution >= 4 is 21.9 Å². The van der Waals surface area contributed by atoms with Gasteiger partial charge >= 0.3 is 5.97 Å². The van der Waals surface area contributed by atoms with E-state index in [1.165, 1.54) is 32.4 Å². The van der Waals surface area contributed by atoms with Crippen LogP contribution in [-0.4, -0.2) is 47.1 Å². The summed E-state index contributed by atoms with van der Waals surface area (Å²) in [6.07, 6.45) is 0. The molecule has 0 spiro atoms. The Labute approximate surface area is 140 Å². The minimum Gasteiger partial charge on any atom is -0.495 e. The largest absolute Gasteiger partial charge is 0.495 e. The van der Waals surface area contributed by atoms with Crippen LogP contribution in [0.3, 0.4) is 0 Å². The summed E-state index contributed by atoms with van der Waals surface area (Å²) >= 11 is 0. The normalized spacial score (nSPS) is 19.7. The number of hydrogen-bond donors (Lipinski definition) is 2. The fraction of sp³-hybridized carbons (Fsp3) is 0.467. The fourth-order valence-electron chi connectivity index (χ4n) is 2.35. The lowest BCUT2D eigenvalue weighted by atomic mass is 9.87. The lowest BCUT2D eigenvalue weighted by Crippen LogP contribution is -2.46. The van der Waals surface area contributed by atoms with E-state index < -0.39 is 33.4 Å². The Morgan fingerprint density at radius 1 is 1.38 bits per heavy atom. The SMILES string of the molecule is CNS(=O)(=O)c1cc(C(=O)NC2C(=O)OCC2(C)C)ccc1OC. The maximum absolute atomic E-state index is 12.4. The number of nitrogens with one attached hydrogen (secondary N) is 2. The van der Waals surface area contributed by atoms with Gasteiger partial charge in [-0.3, -0.25) is 4.79 Å². The first-order valence-corrected chi connectivity index (χ1v) is 8.70. The minimum absolute atomic E-state index is 0.0973.